The van der Waals surface area contributed by atoms with Gasteiger partial charge < -0.3 is 4.57 Å². The molecule has 4 rings (SSSR count). The van der Waals surface area contributed by atoms with Crippen molar-refractivity contribution in [3.8, 4) is 22.5 Å². The van der Waals surface area contributed by atoms with E-state index < -0.39 is 6.17 Å². The molecule has 0 saturated heterocycles. The Morgan fingerprint density at radius 1 is 1.00 bits per heavy atom. The fraction of sp³-hybridized carbons (Fsp3) is 0.172. The monoisotopic (exact) mass is 507 g/mol. The van der Waals surface area contributed by atoms with E-state index in [4.69, 9.17) is 23.2 Å². The zero-order chi connectivity index (χ0) is 25.5. The lowest BCUT2D eigenvalue weighted by Gasteiger charge is -2.09. The van der Waals surface area contributed by atoms with Gasteiger partial charge in [0.05, 0.1) is 15.7 Å². The van der Waals surface area contributed by atoms with Crippen molar-refractivity contribution in [1.29, 1.82) is 0 Å². The molecule has 35 heavy (non-hydrogen) atoms. The number of hydrogen-bond donors (Lipinski definition) is 0. The summed E-state index contributed by atoms with van der Waals surface area (Å²) in [4.78, 5) is 9.30. The molecular weight excluding hydrogens is 480 g/mol. The molecule has 0 aliphatic carbocycles. The number of pyridine rings is 1. The van der Waals surface area contributed by atoms with Crippen LogP contribution in [0.25, 0.3) is 28.1 Å². The van der Waals surface area contributed by atoms with E-state index in [1.807, 2.05) is 49.7 Å². The van der Waals surface area contributed by atoms with E-state index in [1.54, 1.807) is 13.0 Å². The lowest BCUT2D eigenvalue weighted by atomic mass is 10.0. The van der Waals surface area contributed by atoms with Gasteiger partial charge in [0.15, 0.2) is 5.82 Å². The van der Waals surface area contributed by atoms with Gasteiger partial charge in [-0.3, -0.25) is 0 Å². The number of rotatable bonds is 6. The molecule has 2 aromatic rings. The van der Waals surface area contributed by atoms with Gasteiger partial charge >= 0.3 is 0 Å². The third-order valence-electron chi connectivity index (χ3n) is 5.59. The summed E-state index contributed by atoms with van der Waals surface area (Å²) < 4.78 is 16.0. The lowest BCUT2D eigenvalue weighted by molar-refractivity contribution is 0.412. The highest BCUT2D eigenvalue weighted by atomic mass is 35.5. The molecule has 2 aromatic carbocycles. The van der Waals surface area contributed by atoms with Gasteiger partial charge in [-0.1, -0.05) is 65.7 Å². The molecule has 180 valence electrons. The summed E-state index contributed by atoms with van der Waals surface area (Å²) in [5.41, 5.74) is 6.17. The number of halogens is 3. The predicted octanol–water partition coefficient (Wildman–Crippen LogP) is 8.91. The first kappa shape index (κ1) is 26.4. The Hall–Kier alpha value is -3.21. The number of imidazole rings is 1. The maximum atomic E-state index is 13.9. The molecule has 1 atom stereocenters. The zero-order valence-electron chi connectivity index (χ0n) is 20.1. The summed E-state index contributed by atoms with van der Waals surface area (Å²) >= 11 is 12.2. The van der Waals surface area contributed by atoms with Crippen LogP contribution in [0.4, 0.5) is 4.39 Å². The number of benzene rings is 2. The first-order valence-electron chi connectivity index (χ1n) is 11.2. The Bertz CT molecular complexity index is 1320. The Labute approximate surface area is 216 Å². The van der Waals surface area contributed by atoms with E-state index in [2.05, 4.69) is 52.0 Å². The highest BCUT2D eigenvalue weighted by Crippen LogP contribution is 2.29. The van der Waals surface area contributed by atoms with Gasteiger partial charge in [-0.05, 0) is 61.2 Å². The number of hydrogen-bond acceptors (Lipinski definition) is 2. The van der Waals surface area contributed by atoms with Crippen LogP contribution < -0.4 is 0 Å². The third kappa shape index (κ3) is 6.27. The van der Waals surface area contributed by atoms with Crippen LogP contribution in [0.15, 0.2) is 91.8 Å². The number of nitrogens with zero attached hydrogens (tertiary/aromatic N) is 3. The van der Waals surface area contributed by atoms with Crippen molar-refractivity contribution in [3.63, 3.8) is 0 Å². The molecule has 1 unspecified atom stereocenters. The van der Waals surface area contributed by atoms with E-state index in [1.165, 1.54) is 6.92 Å². The van der Waals surface area contributed by atoms with E-state index in [0.29, 0.717) is 28.0 Å². The largest absolute Gasteiger partial charge is 0.348 e. The summed E-state index contributed by atoms with van der Waals surface area (Å²) in [5.74, 6) is 0.550. The SMILES string of the molecule is C/C=C\C(=C(\C)C(C)F)c1nc2ccn(Cc3ccc(-c4ccc(Cl)c(Cl)c4)cc3)cc-2n1.C=C. The van der Waals surface area contributed by atoms with E-state index in [9.17, 15) is 4.39 Å². The van der Waals surface area contributed by atoms with Gasteiger partial charge in [-0.15, -0.1) is 13.2 Å². The zero-order valence-corrected chi connectivity index (χ0v) is 21.6. The highest BCUT2D eigenvalue weighted by molar-refractivity contribution is 6.42. The molecule has 2 aliphatic heterocycles. The summed E-state index contributed by atoms with van der Waals surface area (Å²) in [5, 5.41) is 1.09. The first-order chi connectivity index (χ1) is 16.9. The van der Waals surface area contributed by atoms with Crippen molar-refractivity contribution in [2.45, 2.75) is 33.5 Å². The minimum Gasteiger partial charge on any atom is -0.348 e. The smallest absolute Gasteiger partial charge is 0.160 e. The normalized spacial score (nSPS) is 12.9. The molecule has 6 heteroatoms. The van der Waals surface area contributed by atoms with Crippen molar-refractivity contribution in [1.82, 2.24) is 14.5 Å². The van der Waals surface area contributed by atoms with E-state index in [-0.39, 0.29) is 0 Å². The first-order valence-corrected chi connectivity index (χ1v) is 12.0. The molecule has 0 aromatic heterocycles. The van der Waals surface area contributed by atoms with Crippen molar-refractivity contribution in [2.24, 2.45) is 0 Å². The van der Waals surface area contributed by atoms with Crippen LogP contribution in [0.5, 0.6) is 0 Å². The van der Waals surface area contributed by atoms with Crippen LogP contribution in [0.1, 0.15) is 32.2 Å². The van der Waals surface area contributed by atoms with Gasteiger partial charge in [0.25, 0.3) is 0 Å². The quantitative estimate of drug-likeness (QED) is 0.192. The van der Waals surface area contributed by atoms with Crippen molar-refractivity contribution in [3.05, 3.63) is 113 Å². The Morgan fingerprint density at radius 3 is 2.29 bits per heavy atom. The van der Waals surface area contributed by atoms with Crippen LogP contribution in [0.2, 0.25) is 10.0 Å². The van der Waals surface area contributed by atoms with Gasteiger partial charge in [0.1, 0.15) is 11.9 Å². The topological polar surface area (TPSA) is 30.7 Å². The Kier molecular flexibility index (Phi) is 9.02. The molecular formula is C29H28Cl2FN3. The van der Waals surface area contributed by atoms with E-state index >= 15 is 0 Å². The molecule has 0 N–H and O–H groups in total. The van der Waals surface area contributed by atoms with Gasteiger partial charge in [-0.25, -0.2) is 14.4 Å². The second kappa shape index (κ2) is 12.0. The summed E-state index contributed by atoms with van der Waals surface area (Å²) in [6.07, 6.45) is 6.64. The Morgan fingerprint density at radius 2 is 1.66 bits per heavy atom. The molecule has 3 nitrogen and oxygen atoms in total. The average Bonchev–Trinajstić information content (AvgIpc) is 3.28. The molecule has 2 aliphatic rings. The highest BCUT2D eigenvalue weighted by Gasteiger charge is 2.17. The summed E-state index contributed by atoms with van der Waals surface area (Å²) in [6.45, 7) is 11.9. The fourth-order valence-corrected chi connectivity index (χ4v) is 3.92. The number of fused-ring (bicyclic) bond motifs is 1. The van der Waals surface area contributed by atoms with Crippen LogP contribution >= 0.6 is 23.2 Å². The third-order valence-corrected chi connectivity index (χ3v) is 6.33. The molecule has 0 fully saturated rings. The number of allylic oxidation sites excluding steroid dienone is 4. The average molecular weight is 508 g/mol. The minimum atomic E-state index is -1.06. The van der Waals surface area contributed by atoms with Crippen molar-refractivity contribution < 1.29 is 4.39 Å². The second-order valence-corrected chi connectivity index (χ2v) is 8.79. The van der Waals surface area contributed by atoms with Crippen LogP contribution in [-0.2, 0) is 6.54 Å². The van der Waals surface area contributed by atoms with Crippen molar-refractivity contribution >= 4 is 28.8 Å². The summed E-state index contributed by atoms with van der Waals surface area (Å²) in [7, 11) is 0. The molecule has 0 amide bonds. The molecule has 0 spiro atoms. The van der Waals surface area contributed by atoms with Crippen LogP contribution in [-0.4, -0.2) is 20.7 Å². The molecule has 0 saturated carbocycles. The van der Waals surface area contributed by atoms with E-state index in [0.717, 1.165) is 33.7 Å². The van der Waals surface area contributed by atoms with Gasteiger partial charge in [0, 0.05) is 24.5 Å². The van der Waals surface area contributed by atoms with Crippen LogP contribution in [0, 0.1) is 0 Å². The summed E-state index contributed by atoms with van der Waals surface area (Å²) in [6, 6.07) is 15.9. The second-order valence-electron chi connectivity index (χ2n) is 7.97. The van der Waals surface area contributed by atoms with Gasteiger partial charge in [0.2, 0.25) is 0 Å². The maximum Gasteiger partial charge on any atom is 0.160 e. The van der Waals surface area contributed by atoms with Crippen LogP contribution in [0.3, 0.4) is 0 Å². The Balaban J connectivity index is 0.00000167. The fourth-order valence-electron chi connectivity index (χ4n) is 3.62. The number of aromatic nitrogens is 3. The number of alkyl halides is 1. The molecule has 0 radical (unpaired) electrons. The lowest BCUT2D eigenvalue weighted by Crippen LogP contribution is -2.01. The standard InChI is InChI=1S/C27H24Cl2FN3.C2H4/c1-4-5-22(17(2)18(3)30)27-31-25-12-13-33(16-26(25)32-27)15-19-6-8-20(9-7-19)21-10-11-23(28)24(29)14-21;1-2/h4-14,16,18H,15H2,1-3H3;1-2H2/b5-4-,22-17+;. The maximum absolute atomic E-state index is 13.9. The molecule has 2 heterocycles. The molecule has 0 bridgehead atoms. The van der Waals surface area contributed by atoms with Gasteiger partial charge in [-0.2, -0.15) is 0 Å². The minimum absolute atomic E-state index is 0.542. The predicted molar refractivity (Wildman–Crippen MR) is 147 cm³/mol. The van der Waals surface area contributed by atoms with Crippen molar-refractivity contribution in [2.75, 3.05) is 0 Å².